The van der Waals surface area contributed by atoms with Crippen LogP contribution in [0.25, 0.3) is 0 Å². The van der Waals surface area contributed by atoms with Gasteiger partial charge in [-0.05, 0) is 17.7 Å². The fourth-order valence-electron chi connectivity index (χ4n) is 2.41. The summed E-state index contributed by atoms with van der Waals surface area (Å²) >= 11 is 1.95. The fourth-order valence-corrected chi connectivity index (χ4v) is 3.54. The Morgan fingerprint density at radius 2 is 2.17 bits per heavy atom. The molecule has 0 fully saturated rings. The van der Waals surface area contributed by atoms with Crippen molar-refractivity contribution in [2.45, 2.75) is 24.0 Å². The lowest BCUT2D eigenvalue weighted by Crippen LogP contribution is -2.25. The minimum Gasteiger partial charge on any atom is -0.325 e. The van der Waals surface area contributed by atoms with Crippen molar-refractivity contribution in [1.29, 1.82) is 5.26 Å². The molecular formula is C14H13N3S. The molecule has 3 rings (SSSR count). The summed E-state index contributed by atoms with van der Waals surface area (Å²) in [5.41, 5.74) is 3.22. The molecular weight excluding hydrogens is 242 g/mol. The molecule has 4 heteroatoms. The van der Waals surface area contributed by atoms with Crippen molar-refractivity contribution in [3.8, 4) is 6.07 Å². The van der Waals surface area contributed by atoms with Crippen molar-refractivity contribution in [2.24, 2.45) is 0 Å². The van der Waals surface area contributed by atoms with Gasteiger partial charge in [0.25, 0.3) is 0 Å². The van der Waals surface area contributed by atoms with Crippen LogP contribution in [0, 0.1) is 11.3 Å². The van der Waals surface area contributed by atoms with Crippen molar-refractivity contribution in [3.63, 3.8) is 0 Å². The molecule has 1 aromatic carbocycles. The minimum atomic E-state index is 0.314. The van der Waals surface area contributed by atoms with E-state index in [0.717, 1.165) is 5.75 Å². The van der Waals surface area contributed by atoms with Crippen molar-refractivity contribution in [1.82, 2.24) is 9.55 Å². The number of imidazole rings is 1. The van der Waals surface area contributed by atoms with E-state index >= 15 is 0 Å². The normalized spacial score (nSPS) is 22.2. The van der Waals surface area contributed by atoms with E-state index in [1.807, 2.05) is 36.4 Å². The van der Waals surface area contributed by atoms with Gasteiger partial charge in [0.1, 0.15) is 0 Å². The molecule has 1 aliphatic rings. The maximum absolute atomic E-state index is 8.85. The second-order valence-electron chi connectivity index (χ2n) is 4.49. The van der Waals surface area contributed by atoms with E-state index in [-0.39, 0.29) is 0 Å². The average molecular weight is 255 g/mol. The second kappa shape index (κ2) is 4.51. The summed E-state index contributed by atoms with van der Waals surface area (Å²) in [5, 5.41) is 9.36. The summed E-state index contributed by atoms with van der Waals surface area (Å²) in [6.45, 7) is 2.25. The van der Waals surface area contributed by atoms with Gasteiger partial charge in [0, 0.05) is 22.9 Å². The van der Waals surface area contributed by atoms with Crippen LogP contribution < -0.4 is 0 Å². The number of hydrogen-bond acceptors (Lipinski definition) is 3. The SMILES string of the molecule is CC1SCc2cncn2C1c1ccc(C#N)cc1. The molecule has 0 radical (unpaired) electrons. The highest BCUT2D eigenvalue weighted by Gasteiger charge is 2.27. The Morgan fingerprint density at radius 1 is 1.39 bits per heavy atom. The molecule has 1 aromatic heterocycles. The number of rotatable bonds is 1. The number of nitriles is 1. The number of hydrogen-bond donors (Lipinski definition) is 0. The van der Waals surface area contributed by atoms with Gasteiger partial charge in [0.15, 0.2) is 0 Å². The molecule has 0 amide bonds. The molecule has 1 aliphatic heterocycles. The van der Waals surface area contributed by atoms with E-state index in [1.165, 1.54) is 11.3 Å². The third-order valence-electron chi connectivity index (χ3n) is 3.37. The maximum atomic E-state index is 8.85. The van der Waals surface area contributed by atoms with Gasteiger partial charge in [0.2, 0.25) is 0 Å². The molecule has 2 atom stereocenters. The molecule has 0 aliphatic carbocycles. The number of benzene rings is 1. The Balaban J connectivity index is 2.03. The van der Waals surface area contributed by atoms with E-state index < -0.39 is 0 Å². The first-order valence-corrected chi connectivity index (χ1v) is 6.97. The van der Waals surface area contributed by atoms with Crippen LogP contribution >= 0.6 is 11.8 Å². The van der Waals surface area contributed by atoms with Crippen LogP contribution in [0.1, 0.15) is 29.8 Å². The number of aromatic nitrogens is 2. The van der Waals surface area contributed by atoms with E-state index in [0.29, 0.717) is 16.9 Å². The van der Waals surface area contributed by atoms with E-state index in [4.69, 9.17) is 5.26 Å². The minimum absolute atomic E-state index is 0.314. The highest BCUT2D eigenvalue weighted by Crippen LogP contribution is 2.37. The Hall–Kier alpha value is -1.73. The van der Waals surface area contributed by atoms with Crippen molar-refractivity contribution < 1.29 is 0 Å². The van der Waals surface area contributed by atoms with E-state index in [2.05, 4.69) is 34.7 Å². The monoisotopic (exact) mass is 255 g/mol. The number of thioether (sulfide) groups is 1. The predicted molar refractivity (Wildman–Crippen MR) is 72.3 cm³/mol. The van der Waals surface area contributed by atoms with Crippen LogP contribution in [0.4, 0.5) is 0 Å². The zero-order chi connectivity index (χ0) is 12.5. The lowest BCUT2D eigenvalue weighted by molar-refractivity contribution is 0.552. The van der Waals surface area contributed by atoms with Crippen molar-refractivity contribution >= 4 is 11.8 Å². The molecule has 0 saturated heterocycles. The Kier molecular flexibility index (Phi) is 2.85. The molecule has 2 heterocycles. The maximum Gasteiger partial charge on any atom is 0.0991 e. The summed E-state index contributed by atoms with van der Waals surface area (Å²) < 4.78 is 2.25. The van der Waals surface area contributed by atoms with Crippen LogP contribution in [0.2, 0.25) is 0 Å². The Bertz CT molecular complexity index is 594. The predicted octanol–water partition coefficient (Wildman–Crippen LogP) is 2.98. The van der Waals surface area contributed by atoms with Crippen LogP contribution in [-0.2, 0) is 5.75 Å². The van der Waals surface area contributed by atoms with E-state index in [1.54, 1.807) is 0 Å². The summed E-state index contributed by atoms with van der Waals surface area (Å²) in [7, 11) is 0. The first-order valence-electron chi connectivity index (χ1n) is 5.92. The summed E-state index contributed by atoms with van der Waals surface area (Å²) in [6, 6.07) is 10.3. The third-order valence-corrected chi connectivity index (χ3v) is 4.61. The molecule has 3 nitrogen and oxygen atoms in total. The van der Waals surface area contributed by atoms with Gasteiger partial charge in [-0.15, -0.1) is 11.8 Å². The zero-order valence-corrected chi connectivity index (χ0v) is 10.9. The van der Waals surface area contributed by atoms with E-state index in [9.17, 15) is 0 Å². The average Bonchev–Trinajstić information content (AvgIpc) is 2.87. The van der Waals surface area contributed by atoms with Gasteiger partial charge in [-0.2, -0.15) is 5.26 Å². The van der Waals surface area contributed by atoms with Crippen LogP contribution in [0.15, 0.2) is 36.8 Å². The fraction of sp³-hybridized carbons (Fsp3) is 0.286. The zero-order valence-electron chi connectivity index (χ0n) is 10.1. The highest BCUT2D eigenvalue weighted by atomic mass is 32.2. The van der Waals surface area contributed by atoms with Gasteiger partial charge in [-0.25, -0.2) is 4.98 Å². The molecule has 2 unspecified atom stereocenters. The molecule has 0 N–H and O–H groups in total. The molecule has 2 aromatic rings. The van der Waals surface area contributed by atoms with Crippen molar-refractivity contribution in [3.05, 3.63) is 53.6 Å². The summed E-state index contributed by atoms with van der Waals surface area (Å²) in [6.07, 6.45) is 3.85. The standard InChI is InChI=1S/C14H13N3S/c1-10-14(12-4-2-11(6-15)3-5-12)17-9-16-7-13(17)8-18-10/h2-5,7,9-10,14H,8H2,1H3. The summed E-state index contributed by atoms with van der Waals surface area (Å²) in [4.78, 5) is 4.24. The first kappa shape index (κ1) is 11.4. The van der Waals surface area contributed by atoms with Crippen LogP contribution in [0.3, 0.4) is 0 Å². The number of fused-ring (bicyclic) bond motifs is 1. The summed E-state index contributed by atoms with van der Waals surface area (Å²) in [5.74, 6) is 1.02. The Labute approximate surface area is 110 Å². The van der Waals surface area contributed by atoms with Crippen LogP contribution in [0.5, 0.6) is 0 Å². The molecule has 0 saturated carbocycles. The highest BCUT2D eigenvalue weighted by molar-refractivity contribution is 7.99. The quantitative estimate of drug-likeness (QED) is 0.786. The molecule has 0 bridgehead atoms. The van der Waals surface area contributed by atoms with Gasteiger partial charge < -0.3 is 4.57 Å². The Morgan fingerprint density at radius 3 is 2.89 bits per heavy atom. The van der Waals surface area contributed by atoms with Crippen molar-refractivity contribution in [2.75, 3.05) is 0 Å². The molecule has 0 spiro atoms. The largest absolute Gasteiger partial charge is 0.325 e. The lowest BCUT2D eigenvalue weighted by Gasteiger charge is -2.31. The van der Waals surface area contributed by atoms with Gasteiger partial charge in [-0.1, -0.05) is 19.1 Å². The lowest BCUT2D eigenvalue weighted by atomic mass is 10.0. The first-order chi connectivity index (χ1) is 8.79. The van der Waals surface area contributed by atoms with Gasteiger partial charge >= 0.3 is 0 Å². The third kappa shape index (κ3) is 1.81. The van der Waals surface area contributed by atoms with Crippen LogP contribution in [-0.4, -0.2) is 14.8 Å². The number of nitrogens with zero attached hydrogens (tertiary/aromatic N) is 3. The topological polar surface area (TPSA) is 41.6 Å². The second-order valence-corrected chi connectivity index (χ2v) is 5.85. The molecule has 18 heavy (non-hydrogen) atoms. The van der Waals surface area contributed by atoms with Gasteiger partial charge in [-0.3, -0.25) is 0 Å². The molecule has 90 valence electrons. The van der Waals surface area contributed by atoms with Gasteiger partial charge in [0.05, 0.1) is 24.0 Å². The smallest absolute Gasteiger partial charge is 0.0991 e.